The van der Waals surface area contributed by atoms with E-state index >= 15 is 0 Å². The van der Waals surface area contributed by atoms with Gasteiger partial charge >= 0.3 is 0 Å². The van der Waals surface area contributed by atoms with Gasteiger partial charge in [-0.05, 0) is 80.6 Å². The summed E-state index contributed by atoms with van der Waals surface area (Å²) in [6, 6.07) is 15.7. The highest BCUT2D eigenvalue weighted by Crippen LogP contribution is 2.27. The molecule has 0 unspecified atom stereocenters. The van der Waals surface area contributed by atoms with Crippen LogP contribution in [0.1, 0.15) is 49.7 Å². The summed E-state index contributed by atoms with van der Waals surface area (Å²) < 4.78 is 6.20. The monoisotopic (exact) mass is 402 g/mol. The van der Waals surface area contributed by atoms with Crippen molar-refractivity contribution in [3.63, 3.8) is 0 Å². The SMILES string of the molecule is Cc1cccc(C2=c3ccc(OCCCN4CCCCC4)cc3=C3CCCN3C2)c1. The van der Waals surface area contributed by atoms with E-state index in [2.05, 4.69) is 59.2 Å². The summed E-state index contributed by atoms with van der Waals surface area (Å²) in [6.45, 7) is 8.90. The van der Waals surface area contributed by atoms with E-state index < -0.39 is 0 Å². The first-order valence-corrected chi connectivity index (χ1v) is 11.8. The van der Waals surface area contributed by atoms with Gasteiger partial charge in [0.05, 0.1) is 6.61 Å². The molecule has 0 N–H and O–H groups in total. The number of hydrogen-bond donors (Lipinski definition) is 0. The number of ether oxygens (including phenoxy) is 1. The smallest absolute Gasteiger partial charge is 0.119 e. The highest BCUT2D eigenvalue weighted by atomic mass is 16.5. The fourth-order valence-electron chi connectivity index (χ4n) is 5.34. The van der Waals surface area contributed by atoms with Crippen LogP contribution in [-0.4, -0.2) is 49.1 Å². The minimum atomic E-state index is 0.808. The minimum absolute atomic E-state index is 0.808. The number of rotatable bonds is 6. The van der Waals surface area contributed by atoms with Crippen LogP contribution in [0, 0.1) is 6.92 Å². The Balaban J connectivity index is 1.39. The van der Waals surface area contributed by atoms with Gasteiger partial charge in [0.15, 0.2) is 0 Å². The fraction of sp³-hybridized carbons (Fsp3) is 0.481. The number of fused-ring (bicyclic) bond motifs is 2. The Kier molecular flexibility index (Phi) is 5.81. The average molecular weight is 403 g/mol. The van der Waals surface area contributed by atoms with E-state index in [9.17, 15) is 0 Å². The summed E-state index contributed by atoms with van der Waals surface area (Å²) in [5.41, 5.74) is 5.65. The number of piperidine rings is 1. The van der Waals surface area contributed by atoms with Gasteiger partial charge in [-0.15, -0.1) is 0 Å². The van der Waals surface area contributed by atoms with Crippen molar-refractivity contribution in [2.45, 2.75) is 45.4 Å². The van der Waals surface area contributed by atoms with Crippen LogP contribution >= 0.6 is 0 Å². The first kappa shape index (κ1) is 19.7. The minimum Gasteiger partial charge on any atom is -0.494 e. The first-order chi connectivity index (χ1) is 14.8. The average Bonchev–Trinajstić information content (AvgIpc) is 3.26. The second-order valence-corrected chi connectivity index (χ2v) is 9.13. The number of benzene rings is 2. The maximum absolute atomic E-state index is 6.20. The second-order valence-electron chi connectivity index (χ2n) is 9.13. The molecule has 2 fully saturated rings. The van der Waals surface area contributed by atoms with Crippen molar-refractivity contribution in [3.05, 3.63) is 64.0 Å². The molecular weight excluding hydrogens is 368 g/mol. The first-order valence-electron chi connectivity index (χ1n) is 11.8. The van der Waals surface area contributed by atoms with E-state index in [1.54, 1.807) is 0 Å². The van der Waals surface area contributed by atoms with Gasteiger partial charge < -0.3 is 14.5 Å². The van der Waals surface area contributed by atoms with Crippen molar-refractivity contribution in [1.29, 1.82) is 0 Å². The molecule has 3 aliphatic heterocycles. The number of aryl methyl sites for hydroxylation is 1. The predicted octanol–water partition coefficient (Wildman–Crippen LogP) is 3.67. The highest BCUT2D eigenvalue weighted by molar-refractivity contribution is 5.72. The Morgan fingerprint density at radius 2 is 1.80 bits per heavy atom. The molecule has 0 bridgehead atoms. The zero-order chi connectivity index (χ0) is 20.3. The van der Waals surface area contributed by atoms with Gasteiger partial charge in [-0.1, -0.05) is 42.3 Å². The third-order valence-corrected chi connectivity index (χ3v) is 6.90. The van der Waals surface area contributed by atoms with E-state index in [-0.39, 0.29) is 0 Å². The zero-order valence-electron chi connectivity index (χ0n) is 18.3. The number of hydrogen-bond acceptors (Lipinski definition) is 3. The lowest BCUT2D eigenvalue weighted by Crippen LogP contribution is -2.41. The molecule has 0 aliphatic carbocycles. The van der Waals surface area contributed by atoms with Crippen molar-refractivity contribution in [2.75, 3.05) is 39.3 Å². The molecule has 3 heteroatoms. The molecule has 158 valence electrons. The predicted molar refractivity (Wildman–Crippen MR) is 124 cm³/mol. The molecule has 3 heterocycles. The van der Waals surface area contributed by atoms with Crippen molar-refractivity contribution in [3.8, 4) is 5.75 Å². The molecule has 3 nitrogen and oxygen atoms in total. The summed E-state index contributed by atoms with van der Waals surface area (Å²) in [4.78, 5) is 5.18. The van der Waals surface area contributed by atoms with Crippen molar-refractivity contribution in [2.24, 2.45) is 0 Å². The second kappa shape index (κ2) is 8.85. The molecule has 0 aromatic heterocycles. The Morgan fingerprint density at radius 3 is 2.67 bits per heavy atom. The quantitative estimate of drug-likeness (QED) is 0.686. The Labute approximate surface area is 180 Å². The van der Waals surface area contributed by atoms with Gasteiger partial charge in [-0.25, -0.2) is 0 Å². The molecule has 0 saturated carbocycles. The van der Waals surface area contributed by atoms with E-state index in [1.807, 2.05) is 0 Å². The lowest BCUT2D eigenvalue weighted by molar-refractivity contribution is 0.205. The van der Waals surface area contributed by atoms with Crippen LogP contribution in [-0.2, 0) is 0 Å². The molecule has 0 radical (unpaired) electrons. The maximum atomic E-state index is 6.20. The lowest BCUT2D eigenvalue weighted by atomic mass is 9.96. The number of nitrogens with zero attached hydrogens (tertiary/aromatic N) is 2. The zero-order valence-corrected chi connectivity index (χ0v) is 18.3. The van der Waals surface area contributed by atoms with Gasteiger partial charge in [0, 0.05) is 30.5 Å². The van der Waals surface area contributed by atoms with Gasteiger partial charge in [0.25, 0.3) is 0 Å². The topological polar surface area (TPSA) is 15.7 Å². The molecule has 0 spiro atoms. The normalized spacial score (nSPS) is 19.0. The van der Waals surface area contributed by atoms with E-state index in [4.69, 9.17) is 4.74 Å². The lowest BCUT2D eigenvalue weighted by Gasteiger charge is -2.27. The van der Waals surface area contributed by atoms with E-state index in [0.29, 0.717) is 0 Å². The van der Waals surface area contributed by atoms with Crippen molar-refractivity contribution in [1.82, 2.24) is 9.80 Å². The van der Waals surface area contributed by atoms with Gasteiger partial charge in [0.2, 0.25) is 0 Å². The largest absolute Gasteiger partial charge is 0.494 e. The summed E-state index contributed by atoms with van der Waals surface area (Å²) in [6.07, 6.45) is 7.68. The third kappa shape index (κ3) is 4.13. The van der Waals surface area contributed by atoms with Crippen molar-refractivity contribution < 1.29 is 4.74 Å². The molecule has 30 heavy (non-hydrogen) atoms. The van der Waals surface area contributed by atoms with E-state index in [0.717, 1.165) is 25.3 Å². The van der Waals surface area contributed by atoms with Crippen LogP contribution in [0.25, 0.3) is 11.3 Å². The Morgan fingerprint density at radius 1 is 0.900 bits per heavy atom. The third-order valence-electron chi connectivity index (χ3n) is 6.90. The maximum Gasteiger partial charge on any atom is 0.119 e. The molecular formula is C27H34N2O. The summed E-state index contributed by atoms with van der Waals surface area (Å²) >= 11 is 0. The molecule has 5 rings (SSSR count). The molecule has 0 amide bonds. The highest BCUT2D eigenvalue weighted by Gasteiger charge is 2.24. The van der Waals surface area contributed by atoms with Crippen LogP contribution < -0.4 is 15.2 Å². The molecule has 3 aliphatic rings. The fourth-order valence-corrected chi connectivity index (χ4v) is 5.34. The summed E-state index contributed by atoms with van der Waals surface area (Å²) in [5, 5.41) is 2.79. The molecule has 2 aromatic rings. The molecule has 2 aromatic carbocycles. The van der Waals surface area contributed by atoms with Crippen LogP contribution in [0.3, 0.4) is 0 Å². The van der Waals surface area contributed by atoms with Gasteiger partial charge in [-0.2, -0.15) is 0 Å². The van der Waals surface area contributed by atoms with Gasteiger partial charge in [0.1, 0.15) is 5.75 Å². The van der Waals surface area contributed by atoms with Crippen LogP contribution in [0.15, 0.2) is 42.5 Å². The van der Waals surface area contributed by atoms with Crippen molar-refractivity contribution >= 4 is 11.3 Å². The van der Waals surface area contributed by atoms with Crippen LogP contribution in [0.4, 0.5) is 0 Å². The number of likely N-dealkylation sites (tertiary alicyclic amines) is 1. The van der Waals surface area contributed by atoms with Gasteiger partial charge in [-0.3, -0.25) is 0 Å². The summed E-state index contributed by atoms with van der Waals surface area (Å²) in [5.74, 6) is 1.03. The molecule has 2 saturated heterocycles. The Hall–Kier alpha value is -2.26. The summed E-state index contributed by atoms with van der Waals surface area (Å²) in [7, 11) is 0. The van der Waals surface area contributed by atoms with Crippen LogP contribution in [0.5, 0.6) is 5.75 Å². The molecule has 0 atom stereocenters. The van der Waals surface area contributed by atoms with Crippen LogP contribution in [0.2, 0.25) is 0 Å². The van der Waals surface area contributed by atoms with E-state index in [1.165, 1.54) is 91.1 Å². The Bertz CT molecular complexity index is 1020. The standard InChI is InChI=1S/C27H34N2O/c1-21-8-5-9-22(18-21)26-20-29-16-6-10-27(29)25-19-23(11-12-24(25)26)30-17-7-15-28-13-3-2-4-14-28/h5,8-9,11-12,18-19H,2-4,6-7,10,13-17,20H2,1H3.